The number of nitrogens with one attached hydrogen (secondary N) is 1. The predicted octanol–water partition coefficient (Wildman–Crippen LogP) is 4.14. The number of unbranched alkanes of at least 4 members (excludes halogenated alkanes) is 2. The Kier molecular flexibility index (Phi) is 6.53. The third kappa shape index (κ3) is 5.14. The van der Waals surface area contributed by atoms with Gasteiger partial charge in [-0.15, -0.1) is 11.3 Å². The Balaban J connectivity index is 2.12. The topological polar surface area (TPSA) is 12.0 Å². The van der Waals surface area contributed by atoms with E-state index in [-0.39, 0.29) is 0 Å². The lowest BCUT2D eigenvalue weighted by Gasteiger charge is -2.01. The van der Waals surface area contributed by atoms with Gasteiger partial charge in [-0.2, -0.15) is 0 Å². The van der Waals surface area contributed by atoms with Crippen molar-refractivity contribution < 1.29 is 0 Å². The average molecular weight is 290 g/mol. The molecule has 86 valence electrons. The molecular formula is C12H20BrNS. The van der Waals surface area contributed by atoms with Crippen molar-refractivity contribution in [3.63, 3.8) is 0 Å². The van der Waals surface area contributed by atoms with Crippen molar-refractivity contribution in [3.05, 3.63) is 20.3 Å². The van der Waals surface area contributed by atoms with Gasteiger partial charge < -0.3 is 5.32 Å². The molecule has 0 aliphatic rings. The lowest BCUT2D eigenvalue weighted by Crippen LogP contribution is -2.13. The summed E-state index contributed by atoms with van der Waals surface area (Å²) in [5.41, 5.74) is 0. The molecule has 1 heterocycles. The lowest BCUT2D eigenvalue weighted by molar-refractivity contribution is 0.618. The van der Waals surface area contributed by atoms with E-state index in [1.54, 1.807) is 0 Å². The molecule has 0 radical (unpaired) electrons. The van der Waals surface area contributed by atoms with E-state index in [9.17, 15) is 0 Å². The average Bonchev–Trinajstić information content (AvgIpc) is 2.51. The fourth-order valence-corrected chi connectivity index (χ4v) is 3.50. The second-order valence-electron chi connectivity index (χ2n) is 3.79. The largest absolute Gasteiger partial charge is 0.317 e. The number of hydrogen-bond acceptors (Lipinski definition) is 2. The van der Waals surface area contributed by atoms with E-state index in [0.29, 0.717) is 0 Å². The summed E-state index contributed by atoms with van der Waals surface area (Å²) in [6.07, 6.45) is 5.17. The normalized spacial score (nSPS) is 10.9. The van der Waals surface area contributed by atoms with E-state index in [2.05, 4.69) is 41.2 Å². The van der Waals surface area contributed by atoms with Crippen LogP contribution in [0.15, 0.2) is 10.5 Å². The Morgan fingerprint density at radius 3 is 2.73 bits per heavy atom. The summed E-state index contributed by atoms with van der Waals surface area (Å²) in [7, 11) is 0. The van der Waals surface area contributed by atoms with Crippen LogP contribution < -0.4 is 5.32 Å². The molecule has 1 nitrogen and oxygen atoms in total. The van der Waals surface area contributed by atoms with Crippen LogP contribution in [0.1, 0.15) is 35.9 Å². The molecule has 0 unspecified atom stereocenters. The fraction of sp³-hybridized carbons (Fsp3) is 0.667. The highest BCUT2D eigenvalue weighted by Crippen LogP contribution is 2.28. The van der Waals surface area contributed by atoms with Crippen molar-refractivity contribution in [1.82, 2.24) is 5.32 Å². The zero-order chi connectivity index (χ0) is 11.1. The minimum Gasteiger partial charge on any atom is -0.317 e. The van der Waals surface area contributed by atoms with Crippen LogP contribution in [0.25, 0.3) is 0 Å². The van der Waals surface area contributed by atoms with Crippen molar-refractivity contribution in [2.75, 3.05) is 13.1 Å². The van der Waals surface area contributed by atoms with E-state index in [0.717, 1.165) is 6.54 Å². The van der Waals surface area contributed by atoms with Gasteiger partial charge >= 0.3 is 0 Å². The molecule has 3 heteroatoms. The Morgan fingerprint density at radius 2 is 2.13 bits per heavy atom. The van der Waals surface area contributed by atoms with Crippen molar-refractivity contribution in [2.24, 2.45) is 0 Å². The first-order valence-corrected chi connectivity index (χ1v) is 7.30. The molecule has 15 heavy (non-hydrogen) atoms. The molecule has 0 aliphatic heterocycles. The van der Waals surface area contributed by atoms with Crippen molar-refractivity contribution >= 4 is 27.3 Å². The van der Waals surface area contributed by atoms with Gasteiger partial charge in [0.2, 0.25) is 0 Å². The Hall–Kier alpha value is 0.140. The third-order valence-corrected chi connectivity index (χ3v) is 4.47. The molecule has 0 fully saturated rings. The highest BCUT2D eigenvalue weighted by molar-refractivity contribution is 9.10. The number of halogens is 1. The second kappa shape index (κ2) is 7.42. The van der Waals surface area contributed by atoms with Gasteiger partial charge in [0.05, 0.1) is 0 Å². The van der Waals surface area contributed by atoms with Crippen LogP contribution in [-0.2, 0) is 6.42 Å². The van der Waals surface area contributed by atoms with Gasteiger partial charge in [0, 0.05) is 14.2 Å². The number of rotatable bonds is 7. The Labute approximate surface area is 105 Å². The van der Waals surface area contributed by atoms with E-state index in [4.69, 9.17) is 0 Å². The molecule has 0 saturated heterocycles. The number of aryl methyl sites for hydroxylation is 2. The SMILES string of the molecule is CCNCCCCCc1sc(C)cc1Br. The molecule has 0 atom stereocenters. The first-order chi connectivity index (χ1) is 7.24. The van der Waals surface area contributed by atoms with Gasteiger partial charge in [0.15, 0.2) is 0 Å². The molecule has 0 bridgehead atoms. The van der Waals surface area contributed by atoms with E-state index in [1.807, 2.05) is 11.3 Å². The van der Waals surface area contributed by atoms with Gasteiger partial charge in [-0.25, -0.2) is 0 Å². The maximum Gasteiger partial charge on any atom is 0.0317 e. The molecule has 1 aromatic rings. The summed E-state index contributed by atoms with van der Waals surface area (Å²) in [5.74, 6) is 0. The standard InChI is InChI=1S/C12H20BrNS/c1-3-14-8-6-4-5-7-12-11(13)9-10(2)15-12/h9,14H,3-8H2,1-2H3. The molecule has 1 N–H and O–H groups in total. The van der Waals surface area contributed by atoms with Gasteiger partial charge in [0.25, 0.3) is 0 Å². The van der Waals surface area contributed by atoms with E-state index >= 15 is 0 Å². The smallest absolute Gasteiger partial charge is 0.0317 e. The van der Waals surface area contributed by atoms with Crippen LogP contribution in [-0.4, -0.2) is 13.1 Å². The van der Waals surface area contributed by atoms with Crippen molar-refractivity contribution in [3.8, 4) is 0 Å². The van der Waals surface area contributed by atoms with Crippen LogP contribution in [0.3, 0.4) is 0 Å². The molecule has 0 aromatic carbocycles. The number of hydrogen-bond donors (Lipinski definition) is 1. The first kappa shape index (κ1) is 13.2. The molecule has 0 amide bonds. The number of thiophene rings is 1. The molecule has 0 spiro atoms. The lowest BCUT2D eigenvalue weighted by atomic mass is 10.2. The second-order valence-corrected chi connectivity index (χ2v) is 5.99. The summed E-state index contributed by atoms with van der Waals surface area (Å²) in [5, 5.41) is 3.36. The maximum atomic E-state index is 3.61. The van der Waals surface area contributed by atoms with Gasteiger partial charge in [0.1, 0.15) is 0 Å². The van der Waals surface area contributed by atoms with E-state index < -0.39 is 0 Å². The van der Waals surface area contributed by atoms with Crippen molar-refractivity contribution in [2.45, 2.75) is 39.5 Å². The van der Waals surface area contributed by atoms with Crippen LogP contribution in [0, 0.1) is 6.92 Å². The summed E-state index contributed by atoms with van der Waals surface area (Å²) < 4.78 is 1.30. The molecular weight excluding hydrogens is 270 g/mol. The molecule has 0 aliphatic carbocycles. The highest BCUT2D eigenvalue weighted by Gasteiger charge is 2.03. The van der Waals surface area contributed by atoms with Crippen LogP contribution in [0.2, 0.25) is 0 Å². The fourth-order valence-electron chi connectivity index (χ4n) is 1.59. The van der Waals surface area contributed by atoms with Gasteiger partial charge in [-0.1, -0.05) is 13.3 Å². The van der Waals surface area contributed by atoms with Gasteiger partial charge in [-0.05, 0) is 61.3 Å². The molecule has 1 rings (SSSR count). The quantitative estimate of drug-likeness (QED) is 0.744. The maximum absolute atomic E-state index is 3.61. The summed E-state index contributed by atoms with van der Waals surface area (Å²) in [6, 6.07) is 2.22. The zero-order valence-electron chi connectivity index (χ0n) is 9.61. The molecule has 0 saturated carbocycles. The van der Waals surface area contributed by atoms with Crippen LogP contribution >= 0.6 is 27.3 Å². The minimum atomic E-state index is 1.09. The Morgan fingerprint density at radius 1 is 1.33 bits per heavy atom. The zero-order valence-corrected chi connectivity index (χ0v) is 12.0. The van der Waals surface area contributed by atoms with Crippen LogP contribution in [0.4, 0.5) is 0 Å². The summed E-state index contributed by atoms with van der Waals surface area (Å²) in [6.45, 7) is 6.59. The van der Waals surface area contributed by atoms with E-state index in [1.165, 1.54) is 46.5 Å². The molecule has 1 aromatic heterocycles. The Bertz CT molecular complexity index is 283. The van der Waals surface area contributed by atoms with Crippen LogP contribution in [0.5, 0.6) is 0 Å². The highest BCUT2D eigenvalue weighted by atomic mass is 79.9. The summed E-state index contributed by atoms with van der Waals surface area (Å²) >= 11 is 5.53. The van der Waals surface area contributed by atoms with Gasteiger partial charge in [-0.3, -0.25) is 0 Å². The van der Waals surface area contributed by atoms with Crippen molar-refractivity contribution in [1.29, 1.82) is 0 Å². The third-order valence-electron chi connectivity index (χ3n) is 2.39. The first-order valence-electron chi connectivity index (χ1n) is 5.69. The summed E-state index contributed by atoms with van der Waals surface area (Å²) in [4.78, 5) is 2.92. The predicted molar refractivity (Wildman–Crippen MR) is 72.9 cm³/mol. The monoisotopic (exact) mass is 289 g/mol. The minimum absolute atomic E-state index is 1.09.